The lowest BCUT2D eigenvalue weighted by Crippen LogP contribution is -2.11. The van der Waals surface area contributed by atoms with E-state index in [4.69, 9.17) is 16.1 Å². The molecule has 0 spiro atoms. The van der Waals surface area contributed by atoms with Gasteiger partial charge in [-0.25, -0.2) is 0 Å². The van der Waals surface area contributed by atoms with Crippen LogP contribution < -0.4 is 5.32 Å². The lowest BCUT2D eigenvalue weighted by atomic mass is 10.2. The van der Waals surface area contributed by atoms with E-state index in [2.05, 4.69) is 10.5 Å². The maximum Gasteiger partial charge on any atom is 0.258 e. The summed E-state index contributed by atoms with van der Waals surface area (Å²) in [6.45, 7) is 3.58. The molecule has 1 heterocycles. The molecular formula is C12H11ClN2O3. The summed E-state index contributed by atoms with van der Waals surface area (Å²) in [4.78, 5) is 11.9. The van der Waals surface area contributed by atoms with Crippen molar-refractivity contribution in [2.75, 3.05) is 5.32 Å². The van der Waals surface area contributed by atoms with Gasteiger partial charge in [-0.1, -0.05) is 16.8 Å². The number of aryl methyl sites for hydroxylation is 1. The molecule has 0 radical (unpaired) electrons. The Morgan fingerprint density at radius 3 is 2.72 bits per heavy atom. The van der Waals surface area contributed by atoms with E-state index in [0.29, 0.717) is 17.1 Å². The summed E-state index contributed by atoms with van der Waals surface area (Å²) < 4.78 is 4.98. The molecule has 0 aliphatic rings. The van der Waals surface area contributed by atoms with E-state index < -0.39 is 0 Å². The zero-order chi connectivity index (χ0) is 13.3. The summed E-state index contributed by atoms with van der Waals surface area (Å²) in [7, 11) is 0. The fraction of sp³-hybridized carbons (Fsp3) is 0.167. The third-order valence-electron chi connectivity index (χ3n) is 2.59. The molecule has 5 nitrogen and oxygen atoms in total. The van der Waals surface area contributed by atoms with Gasteiger partial charge in [-0.3, -0.25) is 10.1 Å². The Morgan fingerprint density at radius 2 is 2.17 bits per heavy atom. The molecule has 1 aromatic carbocycles. The fourth-order valence-corrected chi connectivity index (χ4v) is 1.54. The fourth-order valence-electron chi connectivity index (χ4n) is 1.36. The van der Waals surface area contributed by atoms with Crippen LogP contribution in [0.1, 0.15) is 21.6 Å². The van der Waals surface area contributed by atoms with Crippen molar-refractivity contribution in [3.05, 3.63) is 40.0 Å². The summed E-state index contributed by atoms with van der Waals surface area (Å²) in [5.74, 6) is -0.141. The van der Waals surface area contributed by atoms with Crippen molar-refractivity contribution >= 4 is 23.4 Å². The van der Waals surface area contributed by atoms with E-state index >= 15 is 0 Å². The van der Waals surface area contributed by atoms with Crippen LogP contribution in [0.4, 0.5) is 5.88 Å². The SMILES string of the molecule is Cc1noc(NC(=O)c2ccc(O)c(Cl)c2)c1C. The number of aromatic hydroxyl groups is 1. The van der Waals surface area contributed by atoms with Gasteiger partial charge in [-0.05, 0) is 32.0 Å². The number of amides is 1. The van der Waals surface area contributed by atoms with E-state index in [1.54, 1.807) is 13.8 Å². The molecule has 94 valence electrons. The number of benzene rings is 1. The molecule has 0 atom stereocenters. The first-order valence-corrected chi connectivity index (χ1v) is 5.59. The Hall–Kier alpha value is -2.01. The molecule has 0 fully saturated rings. The van der Waals surface area contributed by atoms with Gasteiger partial charge in [0.2, 0.25) is 5.88 Å². The standard InChI is InChI=1S/C12H11ClN2O3/c1-6-7(2)15-18-12(6)14-11(17)8-3-4-10(16)9(13)5-8/h3-5,16H,1-2H3,(H,14,17). The zero-order valence-electron chi connectivity index (χ0n) is 9.82. The number of anilines is 1. The Labute approximate surface area is 108 Å². The number of phenols is 1. The smallest absolute Gasteiger partial charge is 0.258 e. The molecule has 0 aliphatic carbocycles. The number of phenolic OH excluding ortho intramolecular Hbond substituents is 1. The number of carbonyl (C=O) groups excluding carboxylic acids is 1. The van der Waals surface area contributed by atoms with Gasteiger partial charge in [0.1, 0.15) is 5.75 Å². The van der Waals surface area contributed by atoms with Gasteiger partial charge in [0.05, 0.1) is 10.7 Å². The largest absolute Gasteiger partial charge is 0.506 e. The van der Waals surface area contributed by atoms with Crippen LogP contribution in [0.25, 0.3) is 0 Å². The van der Waals surface area contributed by atoms with Crippen LogP contribution in [0.3, 0.4) is 0 Å². The molecule has 0 saturated carbocycles. The highest BCUT2D eigenvalue weighted by molar-refractivity contribution is 6.32. The van der Waals surface area contributed by atoms with Gasteiger partial charge in [-0.2, -0.15) is 0 Å². The Bertz CT molecular complexity index is 607. The lowest BCUT2D eigenvalue weighted by molar-refractivity contribution is 0.102. The van der Waals surface area contributed by atoms with Crippen LogP contribution in [-0.4, -0.2) is 16.2 Å². The topological polar surface area (TPSA) is 75.4 Å². The first-order chi connectivity index (χ1) is 8.49. The quantitative estimate of drug-likeness (QED) is 0.876. The molecular weight excluding hydrogens is 256 g/mol. The maximum atomic E-state index is 11.9. The summed E-state index contributed by atoms with van der Waals surface area (Å²) in [5.41, 5.74) is 1.81. The number of hydrogen-bond donors (Lipinski definition) is 2. The third-order valence-corrected chi connectivity index (χ3v) is 2.90. The molecule has 18 heavy (non-hydrogen) atoms. The van der Waals surface area contributed by atoms with Crippen molar-refractivity contribution in [3.63, 3.8) is 0 Å². The highest BCUT2D eigenvalue weighted by Gasteiger charge is 2.14. The predicted octanol–water partition coefficient (Wildman–Crippen LogP) is 2.90. The van der Waals surface area contributed by atoms with Gasteiger partial charge >= 0.3 is 0 Å². The van der Waals surface area contributed by atoms with Crippen LogP contribution in [0.2, 0.25) is 5.02 Å². The van der Waals surface area contributed by atoms with Gasteiger partial charge in [0.25, 0.3) is 5.91 Å². The Balaban J connectivity index is 2.22. The minimum absolute atomic E-state index is 0.0695. The van der Waals surface area contributed by atoms with Gasteiger partial charge in [0.15, 0.2) is 0 Å². The highest BCUT2D eigenvalue weighted by Crippen LogP contribution is 2.24. The van der Waals surface area contributed by atoms with Crippen molar-refractivity contribution in [1.29, 1.82) is 0 Å². The monoisotopic (exact) mass is 266 g/mol. The van der Waals surface area contributed by atoms with Crippen LogP contribution in [0.15, 0.2) is 22.7 Å². The summed E-state index contributed by atoms with van der Waals surface area (Å²) in [6.07, 6.45) is 0. The van der Waals surface area contributed by atoms with E-state index in [-0.39, 0.29) is 16.7 Å². The molecule has 0 bridgehead atoms. The average Bonchev–Trinajstić information content (AvgIpc) is 2.64. The normalized spacial score (nSPS) is 10.4. The van der Waals surface area contributed by atoms with E-state index in [1.807, 2.05) is 0 Å². The first-order valence-electron chi connectivity index (χ1n) is 5.22. The number of nitrogens with zero attached hydrogens (tertiary/aromatic N) is 1. The summed E-state index contributed by atoms with van der Waals surface area (Å²) in [6, 6.07) is 4.20. The molecule has 2 rings (SSSR count). The second-order valence-electron chi connectivity index (χ2n) is 3.84. The van der Waals surface area contributed by atoms with Gasteiger partial charge in [0, 0.05) is 11.1 Å². The van der Waals surface area contributed by atoms with Crippen molar-refractivity contribution < 1.29 is 14.4 Å². The van der Waals surface area contributed by atoms with E-state index in [0.717, 1.165) is 5.56 Å². The minimum Gasteiger partial charge on any atom is -0.506 e. The molecule has 0 aliphatic heterocycles. The van der Waals surface area contributed by atoms with Crippen LogP contribution >= 0.6 is 11.6 Å². The molecule has 1 amide bonds. The number of aromatic nitrogens is 1. The number of rotatable bonds is 2. The molecule has 6 heteroatoms. The molecule has 0 unspecified atom stereocenters. The molecule has 1 aromatic heterocycles. The lowest BCUT2D eigenvalue weighted by Gasteiger charge is -2.03. The Morgan fingerprint density at radius 1 is 1.44 bits per heavy atom. The van der Waals surface area contributed by atoms with Crippen molar-refractivity contribution in [3.8, 4) is 5.75 Å². The molecule has 2 N–H and O–H groups in total. The second kappa shape index (κ2) is 4.70. The first kappa shape index (κ1) is 12.4. The number of nitrogens with one attached hydrogen (secondary N) is 1. The Kier molecular flexibility index (Phi) is 3.25. The third kappa shape index (κ3) is 2.31. The van der Waals surface area contributed by atoms with Crippen LogP contribution in [0.5, 0.6) is 5.75 Å². The highest BCUT2D eigenvalue weighted by atomic mass is 35.5. The van der Waals surface area contributed by atoms with Gasteiger partial charge < -0.3 is 9.63 Å². The van der Waals surface area contributed by atoms with Crippen LogP contribution in [-0.2, 0) is 0 Å². The average molecular weight is 267 g/mol. The maximum absolute atomic E-state index is 11.9. The number of halogens is 1. The predicted molar refractivity (Wildman–Crippen MR) is 67.0 cm³/mol. The van der Waals surface area contributed by atoms with Gasteiger partial charge in [-0.15, -0.1) is 0 Å². The zero-order valence-corrected chi connectivity index (χ0v) is 10.6. The van der Waals surface area contributed by atoms with E-state index in [1.165, 1.54) is 18.2 Å². The van der Waals surface area contributed by atoms with Crippen molar-refractivity contribution in [1.82, 2.24) is 5.16 Å². The second-order valence-corrected chi connectivity index (χ2v) is 4.25. The summed E-state index contributed by atoms with van der Waals surface area (Å²) in [5, 5.41) is 15.7. The van der Waals surface area contributed by atoms with Crippen LogP contribution in [0, 0.1) is 13.8 Å². The van der Waals surface area contributed by atoms with Crippen molar-refractivity contribution in [2.45, 2.75) is 13.8 Å². The number of carbonyl (C=O) groups is 1. The van der Waals surface area contributed by atoms with E-state index in [9.17, 15) is 9.90 Å². The molecule has 0 saturated heterocycles. The summed E-state index contributed by atoms with van der Waals surface area (Å²) >= 11 is 5.73. The minimum atomic E-state index is -0.379. The molecule has 2 aromatic rings. The number of hydrogen-bond acceptors (Lipinski definition) is 4. The van der Waals surface area contributed by atoms with Crippen molar-refractivity contribution in [2.24, 2.45) is 0 Å².